The molecule has 0 atom stereocenters. The summed E-state index contributed by atoms with van der Waals surface area (Å²) in [5, 5.41) is 20.2. The van der Waals surface area contributed by atoms with Gasteiger partial charge in [-0.15, -0.1) is 11.3 Å². The van der Waals surface area contributed by atoms with E-state index in [0.717, 1.165) is 17.4 Å². The lowest BCUT2D eigenvalue weighted by Gasteiger charge is -2.01. The van der Waals surface area contributed by atoms with Gasteiger partial charge >= 0.3 is 5.97 Å². The summed E-state index contributed by atoms with van der Waals surface area (Å²) in [5.74, 6) is -3.03. The molecule has 0 aliphatic heterocycles. The Morgan fingerprint density at radius 1 is 1.50 bits per heavy atom. The maximum Gasteiger partial charge on any atom is 0.341 e. The van der Waals surface area contributed by atoms with Crippen molar-refractivity contribution in [2.45, 2.75) is 0 Å². The second-order valence-electron chi connectivity index (χ2n) is 2.73. The number of carboxylic acid groups (broad SMARTS) is 1. The summed E-state index contributed by atoms with van der Waals surface area (Å²) in [6, 6.07) is 2.72. The van der Waals surface area contributed by atoms with Crippen LogP contribution in [0.3, 0.4) is 0 Å². The van der Waals surface area contributed by atoms with Crippen molar-refractivity contribution in [2.75, 3.05) is 0 Å². The molecule has 2 N–H and O–H groups in total. The first-order valence-corrected chi connectivity index (χ1v) is 4.61. The Balaban J connectivity index is 2.93. The molecule has 0 radical (unpaired) electrons. The van der Waals surface area contributed by atoms with Crippen LogP contribution in [0.2, 0.25) is 0 Å². The highest BCUT2D eigenvalue weighted by molar-refractivity contribution is 7.17. The number of phenols is 1. The van der Waals surface area contributed by atoms with Crippen molar-refractivity contribution in [3.63, 3.8) is 0 Å². The van der Waals surface area contributed by atoms with Gasteiger partial charge in [-0.3, -0.25) is 0 Å². The lowest BCUT2D eigenvalue weighted by Crippen LogP contribution is -1.98. The average Bonchev–Trinajstić information content (AvgIpc) is 2.52. The number of hydrogen-bond acceptors (Lipinski definition) is 3. The molecule has 72 valence electrons. The molecular weight excluding hydrogens is 207 g/mol. The van der Waals surface area contributed by atoms with Gasteiger partial charge in [-0.1, -0.05) is 0 Å². The molecule has 1 aromatic carbocycles. The van der Waals surface area contributed by atoms with Crippen LogP contribution < -0.4 is 0 Å². The molecular formula is C9H5FO3S. The van der Waals surface area contributed by atoms with E-state index in [-0.39, 0.29) is 5.56 Å². The fourth-order valence-corrected chi connectivity index (χ4v) is 2.18. The van der Waals surface area contributed by atoms with Crippen LogP contribution in [0.5, 0.6) is 5.75 Å². The van der Waals surface area contributed by atoms with Crippen LogP contribution in [0.4, 0.5) is 4.39 Å². The fraction of sp³-hybridized carbons (Fsp3) is 0. The van der Waals surface area contributed by atoms with Crippen molar-refractivity contribution in [3.05, 3.63) is 28.9 Å². The Bertz CT molecular complexity index is 518. The van der Waals surface area contributed by atoms with Gasteiger partial charge in [-0.2, -0.15) is 0 Å². The second-order valence-corrected chi connectivity index (χ2v) is 3.64. The first kappa shape index (κ1) is 8.96. The summed E-state index contributed by atoms with van der Waals surface area (Å²) >= 11 is 1.16. The van der Waals surface area contributed by atoms with Crippen LogP contribution in [-0.2, 0) is 0 Å². The highest BCUT2D eigenvalue weighted by Gasteiger charge is 2.19. The van der Waals surface area contributed by atoms with E-state index in [1.165, 1.54) is 0 Å². The van der Waals surface area contributed by atoms with E-state index in [1.807, 2.05) is 0 Å². The third-order valence-electron chi connectivity index (χ3n) is 1.88. The predicted molar refractivity (Wildman–Crippen MR) is 50.4 cm³/mol. The normalized spacial score (nSPS) is 10.6. The van der Waals surface area contributed by atoms with E-state index in [9.17, 15) is 14.3 Å². The van der Waals surface area contributed by atoms with Crippen molar-refractivity contribution in [3.8, 4) is 5.75 Å². The zero-order chi connectivity index (χ0) is 10.3. The molecule has 0 amide bonds. The summed E-state index contributed by atoms with van der Waals surface area (Å²) in [5.41, 5.74) is -0.366. The average molecular weight is 212 g/mol. The predicted octanol–water partition coefficient (Wildman–Crippen LogP) is 2.44. The SMILES string of the molecule is O=C(O)c1c(O)c(F)cc2ccsc12. The molecule has 5 heteroatoms. The van der Waals surface area contributed by atoms with E-state index in [0.29, 0.717) is 10.1 Å². The quantitative estimate of drug-likeness (QED) is 0.763. The topological polar surface area (TPSA) is 57.5 Å². The van der Waals surface area contributed by atoms with Gasteiger partial charge < -0.3 is 10.2 Å². The zero-order valence-electron chi connectivity index (χ0n) is 6.82. The second kappa shape index (κ2) is 2.95. The standard InChI is InChI=1S/C9H5FO3S/c10-5-3-4-1-2-14-8(4)6(7(5)11)9(12)13/h1-3,11H,(H,12,13). The Kier molecular flexibility index (Phi) is 1.89. The maximum absolute atomic E-state index is 13.0. The maximum atomic E-state index is 13.0. The number of fused-ring (bicyclic) bond motifs is 1. The number of aromatic hydroxyl groups is 1. The molecule has 0 bridgehead atoms. The summed E-state index contributed by atoms with van der Waals surface area (Å²) < 4.78 is 13.4. The smallest absolute Gasteiger partial charge is 0.341 e. The van der Waals surface area contributed by atoms with Gasteiger partial charge in [0.15, 0.2) is 11.6 Å². The van der Waals surface area contributed by atoms with Gasteiger partial charge in [0.2, 0.25) is 0 Å². The van der Waals surface area contributed by atoms with Crippen LogP contribution >= 0.6 is 11.3 Å². The van der Waals surface area contributed by atoms with Crippen LogP contribution in [0, 0.1) is 5.82 Å². The van der Waals surface area contributed by atoms with E-state index >= 15 is 0 Å². The number of halogens is 1. The largest absolute Gasteiger partial charge is 0.504 e. The number of rotatable bonds is 1. The van der Waals surface area contributed by atoms with Crippen LogP contribution in [-0.4, -0.2) is 16.2 Å². The summed E-state index contributed by atoms with van der Waals surface area (Å²) in [6.45, 7) is 0. The Morgan fingerprint density at radius 2 is 2.21 bits per heavy atom. The van der Waals surface area contributed by atoms with E-state index in [4.69, 9.17) is 5.11 Å². The molecule has 2 aromatic rings. The first-order chi connectivity index (χ1) is 6.61. The molecule has 3 nitrogen and oxygen atoms in total. The summed E-state index contributed by atoms with van der Waals surface area (Å²) in [6.07, 6.45) is 0. The number of aromatic carboxylic acids is 1. The van der Waals surface area contributed by atoms with Crippen molar-refractivity contribution in [1.29, 1.82) is 0 Å². The Morgan fingerprint density at radius 3 is 2.86 bits per heavy atom. The minimum atomic E-state index is -1.32. The molecule has 0 saturated heterocycles. The fourth-order valence-electron chi connectivity index (χ4n) is 1.27. The zero-order valence-corrected chi connectivity index (χ0v) is 7.64. The van der Waals surface area contributed by atoms with Crippen molar-refractivity contribution >= 4 is 27.4 Å². The van der Waals surface area contributed by atoms with E-state index in [1.54, 1.807) is 11.4 Å². The molecule has 0 aliphatic rings. The van der Waals surface area contributed by atoms with Gasteiger partial charge in [-0.05, 0) is 22.9 Å². The summed E-state index contributed by atoms with van der Waals surface area (Å²) in [4.78, 5) is 10.8. The third-order valence-corrected chi connectivity index (χ3v) is 2.83. The third kappa shape index (κ3) is 1.13. The molecule has 14 heavy (non-hydrogen) atoms. The minimum Gasteiger partial charge on any atom is -0.504 e. The minimum absolute atomic E-state index is 0.366. The lowest BCUT2D eigenvalue weighted by atomic mass is 10.1. The Hall–Kier alpha value is -1.62. The van der Waals surface area contributed by atoms with Gasteiger partial charge in [0.1, 0.15) is 5.56 Å². The molecule has 0 spiro atoms. The highest BCUT2D eigenvalue weighted by atomic mass is 32.1. The molecule has 1 heterocycles. The number of carbonyl (C=O) groups is 1. The van der Waals surface area contributed by atoms with Crippen LogP contribution in [0.25, 0.3) is 10.1 Å². The molecule has 2 rings (SSSR count). The summed E-state index contributed by atoms with van der Waals surface area (Å²) in [7, 11) is 0. The van der Waals surface area contributed by atoms with Gasteiger partial charge in [0, 0.05) is 0 Å². The molecule has 0 fully saturated rings. The van der Waals surface area contributed by atoms with Crippen molar-refractivity contribution < 1.29 is 19.4 Å². The van der Waals surface area contributed by atoms with Gasteiger partial charge in [-0.25, -0.2) is 9.18 Å². The molecule has 0 unspecified atom stereocenters. The monoisotopic (exact) mass is 212 g/mol. The van der Waals surface area contributed by atoms with Crippen LogP contribution in [0.1, 0.15) is 10.4 Å². The molecule has 0 aliphatic carbocycles. The number of hydrogen-bond donors (Lipinski definition) is 2. The van der Waals surface area contributed by atoms with Crippen LogP contribution in [0.15, 0.2) is 17.5 Å². The van der Waals surface area contributed by atoms with E-state index in [2.05, 4.69) is 0 Å². The van der Waals surface area contributed by atoms with Gasteiger partial charge in [0.25, 0.3) is 0 Å². The number of carboxylic acids is 1. The first-order valence-electron chi connectivity index (χ1n) is 3.73. The number of benzene rings is 1. The van der Waals surface area contributed by atoms with Crippen molar-refractivity contribution in [1.82, 2.24) is 0 Å². The highest BCUT2D eigenvalue weighted by Crippen LogP contribution is 2.33. The van der Waals surface area contributed by atoms with Crippen molar-refractivity contribution in [2.24, 2.45) is 0 Å². The molecule has 1 aromatic heterocycles. The van der Waals surface area contributed by atoms with E-state index < -0.39 is 17.5 Å². The number of thiophene rings is 1. The Labute approximate surface area is 82.0 Å². The lowest BCUT2D eigenvalue weighted by molar-refractivity contribution is 0.0695. The molecule has 0 saturated carbocycles. The van der Waals surface area contributed by atoms with Gasteiger partial charge in [0.05, 0.1) is 4.70 Å².